The third kappa shape index (κ3) is 4.97. The van der Waals surface area contributed by atoms with Crippen LogP contribution in [-0.4, -0.2) is 23.7 Å². The van der Waals surface area contributed by atoms with Crippen molar-refractivity contribution in [3.8, 4) is 0 Å². The maximum absolute atomic E-state index is 12.2. The fraction of sp³-hybridized carbons (Fsp3) is 0.429. The minimum atomic E-state index is -4.45. The summed E-state index contributed by atoms with van der Waals surface area (Å²) in [6, 6.07) is 0. The molecule has 10 heteroatoms. The Morgan fingerprint density at radius 3 is 2.53 bits per heavy atom. The highest BCUT2D eigenvalue weighted by Crippen LogP contribution is 2.25. The second kappa shape index (κ2) is 6.27. The lowest BCUT2D eigenvalue weighted by molar-refractivity contribution is -0.118. The molecule has 1 aromatic heterocycles. The lowest BCUT2D eigenvalue weighted by Crippen LogP contribution is -2.42. The van der Waals surface area contributed by atoms with Crippen LogP contribution in [0.15, 0.2) is 5.38 Å². The van der Waals surface area contributed by atoms with Crippen LogP contribution >= 0.6 is 35.3 Å². The molecule has 4 nitrogen and oxygen atoms in total. The summed E-state index contributed by atoms with van der Waals surface area (Å²) >= 11 is 6.44. The van der Waals surface area contributed by atoms with Crippen molar-refractivity contribution in [2.24, 2.45) is 5.73 Å². The smallest absolute Gasteiger partial charge is 0.370 e. The van der Waals surface area contributed by atoms with E-state index in [1.807, 2.05) is 0 Å². The van der Waals surface area contributed by atoms with Gasteiger partial charge in [0, 0.05) is 5.38 Å². The first-order valence-electron chi connectivity index (χ1n) is 4.02. The molecule has 17 heavy (non-hydrogen) atoms. The Morgan fingerprint density at radius 2 is 2.18 bits per heavy atom. The summed E-state index contributed by atoms with van der Waals surface area (Å²) in [4.78, 5) is 4.41. The molecule has 0 unspecified atom stereocenters. The molecule has 0 aliphatic heterocycles. The molecule has 0 amide bonds. The average molecular weight is 309 g/mol. The number of nitrogens with two attached hydrogens (primary N) is 1. The van der Waals surface area contributed by atoms with E-state index in [-0.39, 0.29) is 23.4 Å². The quantitative estimate of drug-likeness (QED) is 0.512. The normalized spacial score (nSPS) is 10.8. The Labute approximate surface area is 110 Å². The van der Waals surface area contributed by atoms with Crippen LogP contribution in [0.25, 0.3) is 0 Å². The van der Waals surface area contributed by atoms with Gasteiger partial charge in [-0.3, -0.25) is 10.3 Å². The molecule has 0 bridgehead atoms. The molecule has 0 aromatic carbocycles. The van der Waals surface area contributed by atoms with Crippen molar-refractivity contribution in [2.75, 3.05) is 11.4 Å². The number of hydrogen-bond donors (Lipinski definition) is 2. The minimum Gasteiger partial charge on any atom is -0.370 e. The van der Waals surface area contributed by atoms with E-state index in [9.17, 15) is 13.2 Å². The number of aromatic nitrogens is 1. The topological polar surface area (TPSA) is 66.0 Å². The highest BCUT2D eigenvalue weighted by Gasteiger charge is 2.33. The Morgan fingerprint density at radius 1 is 1.59 bits per heavy atom. The van der Waals surface area contributed by atoms with E-state index in [0.29, 0.717) is 10.6 Å². The molecule has 3 N–H and O–H groups in total. The minimum absolute atomic E-state index is 0. The number of rotatable bonds is 3. The average Bonchev–Trinajstić information content (AvgIpc) is 2.60. The predicted molar refractivity (Wildman–Crippen MR) is 64.2 cm³/mol. The van der Waals surface area contributed by atoms with E-state index in [2.05, 4.69) is 4.98 Å². The standard InChI is InChI=1S/C7H8ClF3N4S.ClH/c8-1-4-2-16-6(14-4)15(5(12)13)3-7(9,10)11;/h2H,1,3H2,(H3,12,13);1H. The summed E-state index contributed by atoms with van der Waals surface area (Å²) in [5.41, 5.74) is 5.52. The van der Waals surface area contributed by atoms with E-state index in [1.54, 1.807) is 0 Å². The van der Waals surface area contributed by atoms with E-state index in [4.69, 9.17) is 22.7 Å². The van der Waals surface area contributed by atoms with Crippen LogP contribution in [0, 0.1) is 5.41 Å². The fourth-order valence-corrected chi connectivity index (χ4v) is 1.98. The number of alkyl halides is 4. The van der Waals surface area contributed by atoms with Gasteiger partial charge in [-0.25, -0.2) is 4.98 Å². The van der Waals surface area contributed by atoms with Gasteiger partial charge in [0.1, 0.15) is 6.54 Å². The maximum Gasteiger partial charge on any atom is 0.406 e. The molecule has 0 saturated heterocycles. The predicted octanol–water partition coefficient (Wildman–Crippen LogP) is 2.57. The van der Waals surface area contributed by atoms with E-state index in [1.165, 1.54) is 5.38 Å². The number of nitrogens with one attached hydrogen (secondary N) is 1. The molecule has 0 fully saturated rings. The van der Waals surface area contributed by atoms with Gasteiger partial charge in [-0.2, -0.15) is 13.2 Å². The second-order valence-corrected chi connectivity index (χ2v) is 3.95. The summed E-state index contributed by atoms with van der Waals surface area (Å²) < 4.78 is 36.6. The van der Waals surface area contributed by atoms with Gasteiger partial charge in [0.2, 0.25) is 0 Å². The van der Waals surface area contributed by atoms with Crippen LogP contribution in [0.5, 0.6) is 0 Å². The first-order valence-corrected chi connectivity index (χ1v) is 5.43. The summed E-state index contributed by atoms with van der Waals surface area (Å²) in [6.07, 6.45) is -4.45. The van der Waals surface area contributed by atoms with Crippen LogP contribution in [0.4, 0.5) is 18.3 Å². The summed E-state index contributed by atoms with van der Waals surface area (Å²) in [5, 5.41) is 8.61. The molecule has 1 rings (SSSR count). The van der Waals surface area contributed by atoms with Crippen molar-refractivity contribution in [3.63, 3.8) is 0 Å². The van der Waals surface area contributed by atoms with Crippen LogP contribution in [0.2, 0.25) is 0 Å². The molecule has 1 aromatic rings. The van der Waals surface area contributed by atoms with Crippen molar-refractivity contribution in [1.82, 2.24) is 4.98 Å². The van der Waals surface area contributed by atoms with Crippen molar-refractivity contribution in [3.05, 3.63) is 11.1 Å². The van der Waals surface area contributed by atoms with Gasteiger partial charge in [0.15, 0.2) is 11.1 Å². The number of hydrogen-bond acceptors (Lipinski definition) is 3. The zero-order chi connectivity index (χ0) is 12.3. The van der Waals surface area contributed by atoms with Crippen molar-refractivity contribution >= 4 is 46.4 Å². The first-order chi connectivity index (χ1) is 7.33. The monoisotopic (exact) mass is 308 g/mol. The number of anilines is 1. The first kappa shape index (κ1) is 16.3. The van der Waals surface area contributed by atoms with E-state index < -0.39 is 18.7 Å². The van der Waals surface area contributed by atoms with Gasteiger partial charge in [-0.05, 0) is 0 Å². The van der Waals surface area contributed by atoms with Crippen LogP contribution in [0.3, 0.4) is 0 Å². The molecular weight excluding hydrogens is 300 g/mol. The summed E-state index contributed by atoms with van der Waals surface area (Å²) in [6.45, 7) is -1.34. The van der Waals surface area contributed by atoms with Crippen LogP contribution in [-0.2, 0) is 5.88 Å². The van der Waals surface area contributed by atoms with Crippen molar-refractivity contribution in [2.45, 2.75) is 12.1 Å². The molecule has 0 spiro atoms. The molecule has 0 radical (unpaired) electrons. The zero-order valence-corrected chi connectivity index (χ0v) is 10.7. The number of thiazole rings is 1. The highest BCUT2D eigenvalue weighted by molar-refractivity contribution is 7.14. The van der Waals surface area contributed by atoms with Gasteiger partial charge >= 0.3 is 6.18 Å². The van der Waals surface area contributed by atoms with E-state index in [0.717, 1.165) is 11.3 Å². The van der Waals surface area contributed by atoms with Crippen LogP contribution in [0.1, 0.15) is 5.69 Å². The number of halogens is 5. The Hall–Kier alpha value is -0.730. The molecule has 98 valence electrons. The van der Waals surface area contributed by atoms with Crippen LogP contribution < -0.4 is 10.6 Å². The lowest BCUT2D eigenvalue weighted by Gasteiger charge is -2.20. The molecule has 0 saturated carbocycles. The third-order valence-electron chi connectivity index (χ3n) is 1.54. The van der Waals surface area contributed by atoms with Gasteiger partial charge in [-0.1, -0.05) is 0 Å². The zero-order valence-electron chi connectivity index (χ0n) is 8.29. The SMILES string of the molecule is Cl.N=C(N)N(CC(F)(F)F)c1nc(CCl)cs1. The molecule has 1 heterocycles. The third-order valence-corrected chi connectivity index (χ3v) is 2.72. The number of nitrogens with zero attached hydrogens (tertiary/aromatic N) is 2. The summed E-state index contributed by atoms with van der Waals surface area (Å²) in [7, 11) is 0. The Kier molecular flexibility index (Phi) is 6.00. The molecule has 0 aliphatic rings. The van der Waals surface area contributed by atoms with E-state index >= 15 is 0 Å². The van der Waals surface area contributed by atoms with Gasteiger partial charge < -0.3 is 5.73 Å². The largest absolute Gasteiger partial charge is 0.406 e. The van der Waals surface area contributed by atoms with Gasteiger partial charge in [0.25, 0.3) is 0 Å². The maximum atomic E-state index is 12.2. The summed E-state index contributed by atoms with van der Waals surface area (Å²) in [5.74, 6) is -0.596. The van der Waals surface area contributed by atoms with Gasteiger partial charge in [-0.15, -0.1) is 35.3 Å². The second-order valence-electron chi connectivity index (χ2n) is 2.84. The molecular formula is C7H9Cl2F3N4S. The highest BCUT2D eigenvalue weighted by atomic mass is 35.5. The fourth-order valence-electron chi connectivity index (χ4n) is 0.917. The van der Waals surface area contributed by atoms with Crippen molar-refractivity contribution < 1.29 is 13.2 Å². The van der Waals surface area contributed by atoms with Gasteiger partial charge in [0.05, 0.1) is 11.6 Å². The molecule has 0 atom stereocenters. The Bertz CT molecular complexity index is 381. The number of guanidine groups is 1. The molecule has 0 aliphatic carbocycles. The lowest BCUT2D eigenvalue weighted by atomic mass is 10.5. The van der Waals surface area contributed by atoms with Crippen molar-refractivity contribution in [1.29, 1.82) is 5.41 Å². The Balaban J connectivity index is 0.00000256.